The number of aromatic nitrogens is 2. The fourth-order valence-corrected chi connectivity index (χ4v) is 6.77. The average molecular weight is 498 g/mol. The fourth-order valence-electron chi connectivity index (χ4n) is 5.74. The minimum atomic E-state index is -0.638. The summed E-state index contributed by atoms with van der Waals surface area (Å²) in [5.74, 6) is -1.20. The van der Waals surface area contributed by atoms with Crippen molar-refractivity contribution < 1.29 is 14.7 Å². The van der Waals surface area contributed by atoms with Crippen LogP contribution in [0.2, 0.25) is 0 Å². The van der Waals surface area contributed by atoms with Crippen molar-refractivity contribution in [3.8, 4) is 10.6 Å². The summed E-state index contributed by atoms with van der Waals surface area (Å²) >= 11 is 1.31. The summed E-state index contributed by atoms with van der Waals surface area (Å²) in [5.41, 5.74) is 3.58. The van der Waals surface area contributed by atoms with Gasteiger partial charge in [-0.05, 0) is 25.8 Å². The number of Topliss-reactive ketones (excluding diaryl/α,β-unsaturated/α-hetero) is 1. The van der Waals surface area contributed by atoms with Crippen LogP contribution in [0.15, 0.2) is 72.1 Å². The largest absolute Gasteiger partial charge is 0.503 e. The molecule has 7 heteroatoms. The molecule has 36 heavy (non-hydrogen) atoms. The first-order chi connectivity index (χ1) is 17.5. The normalized spacial score (nSPS) is 18.7. The van der Waals surface area contributed by atoms with Crippen LogP contribution in [0.3, 0.4) is 0 Å². The highest BCUT2D eigenvalue weighted by molar-refractivity contribution is 7.17. The number of aliphatic hydroxyl groups excluding tert-OH is 1. The number of carbonyl (C=O) groups excluding carboxylic acids is 2. The second kappa shape index (κ2) is 8.75. The first-order valence-corrected chi connectivity index (χ1v) is 13.1. The first kappa shape index (κ1) is 22.7. The van der Waals surface area contributed by atoms with Gasteiger partial charge in [0.25, 0.3) is 5.91 Å². The second-order valence-electron chi connectivity index (χ2n) is 9.66. The fraction of sp³-hybridized carbons (Fsp3) is 0.276. The van der Waals surface area contributed by atoms with Gasteiger partial charge in [-0.2, -0.15) is 0 Å². The molecule has 6 rings (SSSR count). The van der Waals surface area contributed by atoms with Gasteiger partial charge in [0.15, 0.2) is 5.76 Å². The Morgan fingerprint density at radius 2 is 1.75 bits per heavy atom. The third kappa shape index (κ3) is 3.49. The van der Waals surface area contributed by atoms with Crippen molar-refractivity contribution in [1.82, 2.24) is 14.5 Å². The van der Waals surface area contributed by atoms with E-state index in [2.05, 4.69) is 4.98 Å². The van der Waals surface area contributed by atoms with E-state index < -0.39 is 17.7 Å². The molecule has 1 aliphatic heterocycles. The number of aliphatic hydroxyl groups is 1. The second-order valence-corrected chi connectivity index (χ2v) is 10.7. The van der Waals surface area contributed by atoms with Crippen molar-refractivity contribution in [2.45, 2.75) is 44.7 Å². The molecule has 1 aliphatic carbocycles. The maximum atomic E-state index is 14.1. The van der Waals surface area contributed by atoms with Gasteiger partial charge in [-0.15, -0.1) is 11.3 Å². The van der Waals surface area contributed by atoms with E-state index >= 15 is 0 Å². The lowest BCUT2D eigenvalue weighted by Gasteiger charge is -2.31. The van der Waals surface area contributed by atoms with Crippen LogP contribution in [0.25, 0.3) is 21.5 Å². The minimum absolute atomic E-state index is 0.00337. The van der Waals surface area contributed by atoms with Crippen LogP contribution in [0.4, 0.5) is 0 Å². The van der Waals surface area contributed by atoms with Crippen LogP contribution in [-0.2, 0) is 11.8 Å². The van der Waals surface area contributed by atoms with Crippen molar-refractivity contribution >= 4 is 33.9 Å². The Balaban J connectivity index is 1.50. The summed E-state index contributed by atoms with van der Waals surface area (Å²) < 4.78 is 2.02. The zero-order valence-electron chi connectivity index (χ0n) is 20.3. The Morgan fingerprint density at radius 3 is 2.50 bits per heavy atom. The molecule has 1 fully saturated rings. The predicted molar refractivity (Wildman–Crippen MR) is 141 cm³/mol. The van der Waals surface area contributed by atoms with Gasteiger partial charge in [0.2, 0.25) is 5.78 Å². The quantitative estimate of drug-likeness (QED) is 0.337. The number of hydrogen-bond donors (Lipinski definition) is 1. The van der Waals surface area contributed by atoms with Gasteiger partial charge in [0.05, 0.1) is 22.2 Å². The Bertz CT molecular complexity index is 1530. The summed E-state index contributed by atoms with van der Waals surface area (Å²) in [6.45, 7) is 1.81. The van der Waals surface area contributed by atoms with Crippen LogP contribution >= 0.6 is 11.3 Å². The van der Waals surface area contributed by atoms with Gasteiger partial charge >= 0.3 is 0 Å². The Labute approximate surface area is 213 Å². The molecule has 4 aromatic rings. The number of carbonyl (C=O) groups is 2. The summed E-state index contributed by atoms with van der Waals surface area (Å²) in [5, 5.41) is 12.9. The maximum absolute atomic E-state index is 14.1. The summed E-state index contributed by atoms with van der Waals surface area (Å²) in [7, 11) is 1.97. The monoisotopic (exact) mass is 497 g/mol. The molecule has 6 nitrogen and oxygen atoms in total. The number of nitrogens with zero attached hydrogens (tertiary/aromatic N) is 3. The zero-order chi connectivity index (χ0) is 25.0. The van der Waals surface area contributed by atoms with E-state index in [0.717, 1.165) is 52.7 Å². The van der Waals surface area contributed by atoms with Crippen LogP contribution in [-0.4, -0.2) is 37.3 Å². The van der Waals surface area contributed by atoms with E-state index in [1.807, 2.05) is 79.3 Å². The number of hydrogen-bond acceptors (Lipinski definition) is 5. The number of thiazole rings is 1. The van der Waals surface area contributed by atoms with Crippen molar-refractivity contribution in [3.05, 3.63) is 88.3 Å². The number of rotatable bonds is 5. The number of amides is 1. The highest BCUT2D eigenvalue weighted by atomic mass is 32.1. The SMILES string of the molecule is Cc1nc(-c2ccccc2)sc1C(=O)C1=C(O)C(=O)N(C2CCCC2)C1c1cn(C)c2ccccc12. The Hall–Kier alpha value is -3.71. The van der Waals surface area contributed by atoms with Crippen molar-refractivity contribution in [2.24, 2.45) is 7.05 Å². The number of para-hydroxylation sites is 1. The molecule has 1 N–H and O–H groups in total. The van der Waals surface area contributed by atoms with Gasteiger partial charge < -0.3 is 14.6 Å². The standard InChI is InChI=1S/C29H27N3O3S/c1-17-27(36-28(30-17)18-10-4-3-5-11-18)25(33)23-24(21-16-31(2)22-15-9-8-14-20(21)22)32(29(35)26(23)34)19-12-6-7-13-19/h3-5,8-11,14-16,19,24,34H,6-7,12-13H2,1-2H3. The third-order valence-corrected chi connectivity index (χ3v) is 8.66. The molecule has 182 valence electrons. The number of aryl methyl sites for hydroxylation is 2. The number of benzene rings is 2. The highest BCUT2D eigenvalue weighted by Gasteiger charge is 2.48. The molecule has 3 heterocycles. The topological polar surface area (TPSA) is 75.4 Å². The van der Waals surface area contributed by atoms with E-state index in [4.69, 9.17) is 0 Å². The minimum Gasteiger partial charge on any atom is -0.503 e. The van der Waals surface area contributed by atoms with E-state index in [9.17, 15) is 14.7 Å². The lowest BCUT2D eigenvalue weighted by molar-refractivity contribution is -0.131. The van der Waals surface area contributed by atoms with E-state index in [1.165, 1.54) is 11.3 Å². The van der Waals surface area contributed by atoms with Gasteiger partial charge in [0.1, 0.15) is 5.01 Å². The van der Waals surface area contributed by atoms with Crippen LogP contribution in [0, 0.1) is 6.92 Å². The lowest BCUT2D eigenvalue weighted by atomic mass is 9.94. The van der Waals surface area contributed by atoms with Gasteiger partial charge in [-0.25, -0.2) is 4.98 Å². The molecular formula is C29H27N3O3S. The molecule has 0 radical (unpaired) electrons. The molecular weight excluding hydrogens is 470 g/mol. The van der Waals surface area contributed by atoms with Crippen LogP contribution in [0.1, 0.15) is 52.7 Å². The summed E-state index contributed by atoms with van der Waals surface area (Å²) in [6.07, 6.45) is 5.81. The lowest BCUT2D eigenvalue weighted by Crippen LogP contribution is -2.38. The highest BCUT2D eigenvalue weighted by Crippen LogP contribution is 2.46. The smallest absolute Gasteiger partial charge is 0.290 e. The van der Waals surface area contributed by atoms with Crippen molar-refractivity contribution in [3.63, 3.8) is 0 Å². The van der Waals surface area contributed by atoms with Crippen LogP contribution in [0.5, 0.6) is 0 Å². The molecule has 0 bridgehead atoms. The van der Waals surface area contributed by atoms with E-state index in [-0.39, 0.29) is 17.4 Å². The van der Waals surface area contributed by atoms with Crippen molar-refractivity contribution in [1.29, 1.82) is 0 Å². The summed E-state index contributed by atoms with van der Waals surface area (Å²) in [4.78, 5) is 34.5. The number of fused-ring (bicyclic) bond motifs is 1. The first-order valence-electron chi connectivity index (χ1n) is 12.3. The van der Waals surface area contributed by atoms with E-state index in [1.54, 1.807) is 4.90 Å². The maximum Gasteiger partial charge on any atom is 0.290 e. The molecule has 1 saturated carbocycles. The molecule has 2 aromatic carbocycles. The summed E-state index contributed by atoms with van der Waals surface area (Å²) in [6, 6.07) is 17.1. The van der Waals surface area contributed by atoms with Gasteiger partial charge in [-0.1, -0.05) is 61.4 Å². The predicted octanol–water partition coefficient (Wildman–Crippen LogP) is 6.13. The molecule has 1 atom stereocenters. The molecule has 2 aliphatic rings. The van der Waals surface area contributed by atoms with Crippen LogP contribution < -0.4 is 0 Å². The molecule has 1 amide bonds. The Morgan fingerprint density at radius 1 is 1.06 bits per heavy atom. The van der Waals surface area contributed by atoms with Gasteiger partial charge in [-0.3, -0.25) is 9.59 Å². The molecule has 2 aromatic heterocycles. The number of ketones is 1. The zero-order valence-corrected chi connectivity index (χ0v) is 21.1. The molecule has 0 spiro atoms. The van der Waals surface area contributed by atoms with Gasteiger partial charge in [0, 0.05) is 41.3 Å². The average Bonchev–Trinajstić information content (AvgIpc) is 3.67. The molecule has 1 unspecified atom stereocenters. The third-order valence-electron chi connectivity index (χ3n) is 7.45. The Kier molecular flexibility index (Phi) is 5.52. The van der Waals surface area contributed by atoms with Crippen molar-refractivity contribution in [2.75, 3.05) is 0 Å². The molecule has 0 saturated heterocycles. The van der Waals surface area contributed by atoms with E-state index in [0.29, 0.717) is 10.6 Å².